The van der Waals surface area contributed by atoms with Crippen LogP contribution in [0, 0.1) is 23.1 Å². The molecule has 4 nitrogen and oxygen atoms in total. The zero-order valence-corrected chi connectivity index (χ0v) is 15.9. The van der Waals surface area contributed by atoms with Crippen LogP contribution in [0.1, 0.15) is 30.1 Å². The van der Waals surface area contributed by atoms with E-state index in [4.69, 9.17) is 11.6 Å². The second-order valence-corrected chi connectivity index (χ2v) is 7.55. The lowest BCUT2D eigenvalue weighted by Crippen LogP contribution is -2.36. The Morgan fingerprint density at radius 2 is 1.89 bits per heavy atom. The first-order valence-corrected chi connectivity index (χ1v) is 9.61. The smallest absolute Gasteiger partial charge is 0.123 e. The molecule has 1 aliphatic rings. The number of halogens is 2. The minimum absolute atomic E-state index is 0.0870. The number of fused-ring (bicyclic) bond motifs is 1. The van der Waals surface area contributed by atoms with Gasteiger partial charge in [-0.15, -0.1) is 0 Å². The van der Waals surface area contributed by atoms with Gasteiger partial charge in [-0.2, -0.15) is 5.26 Å². The van der Waals surface area contributed by atoms with E-state index in [1.165, 1.54) is 12.1 Å². The van der Waals surface area contributed by atoms with Gasteiger partial charge in [-0.25, -0.2) is 4.39 Å². The van der Waals surface area contributed by atoms with Crippen molar-refractivity contribution in [2.75, 3.05) is 18.0 Å². The van der Waals surface area contributed by atoms with Crippen LogP contribution in [0.5, 0.6) is 0 Å². The minimum atomic E-state index is -0.623. The zero-order valence-electron chi connectivity index (χ0n) is 15.1. The SMILES string of the molecule is N#Cc1cnc2ccc(Cl)cc2c1N1CCC(C(O)c2ccc(F)cc2)CC1. The van der Waals surface area contributed by atoms with Crippen LogP contribution in [-0.2, 0) is 0 Å². The van der Waals surface area contributed by atoms with E-state index in [0.29, 0.717) is 23.7 Å². The number of aromatic nitrogens is 1. The van der Waals surface area contributed by atoms with Crippen LogP contribution in [0.25, 0.3) is 10.9 Å². The largest absolute Gasteiger partial charge is 0.388 e. The first kappa shape index (κ1) is 18.7. The summed E-state index contributed by atoms with van der Waals surface area (Å²) in [6, 6.07) is 13.8. The van der Waals surface area contributed by atoms with Crippen molar-refractivity contribution in [3.8, 4) is 6.07 Å². The van der Waals surface area contributed by atoms with Crippen LogP contribution in [-0.4, -0.2) is 23.2 Å². The van der Waals surface area contributed by atoms with Crippen molar-refractivity contribution < 1.29 is 9.50 Å². The van der Waals surface area contributed by atoms with Gasteiger partial charge in [0.25, 0.3) is 0 Å². The lowest BCUT2D eigenvalue weighted by Gasteiger charge is -2.36. The summed E-state index contributed by atoms with van der Waals surface area (Å²) in [4.78, 5) is 6.53. The standard InChI is InChI=1S/C22H19ClFN3O/c23-17-3-6-20-19(11-17)21(16(12-25)13-26-20)27-9-7-15(8-10-27)22(28)14-1-4-18(24)5-2-14/h1-6,11,13,15,22,28H,7-10H2. The van der Waals surface area contributed by atoms with E-state index in [-0.39, 0.29) is 11.7 Å². The molecule has 6 heteroatoms. The summed E-state index contributed by atoms with van der Waals surface area (Å²) in [5, 5.41) is 21.7. The second kappa shape index (κ2) is 7.75. The van der Waals surface area contributed by atoms with Crippen molar-refractivity contribution in [1.82, 2.24) is 4.98 Å². The predicted octanol–water partition coefficient (Wildman–Crippen LogP) is 4.85. The van der Waals surface area contributed by atoms with Gasteiger partial charge in [-0.05, 0) is 54.7 Å². The number of nitriles is 1. The highest BCUT2D eigenvalue weighted by atomic mass is 35.5. The fraction of sp³-hybridized carbons (Fsp3) is 0.273. The molecule has 1 fully saturated rings. The van der Waals surface area contributed by atoms with E-state index >= 15 is 0 Å². The molecule has 1 N–H and O–H groups in total. The molecule has 1 aromatic heterocycles. The molecule has 0 radical (unpaired) electrons. The molecule has 0 aliphatic carbocycles. The molecule has 0 spiro atoms. The number of nitrogens with zero attached hydrogens (tertiary/aromatic N) is 3. The molecule has 1 atom stereocenters. The molecule has 142 valence electrons. The molecule has 4 rings (SSSR count). The topological polar surface area (TPSA) is 60.2 Å². The molecule has 2 aromatic carbocycles. The maximum absolute atomic E-state index is 13.1. The predicted molar refractivity (Wildman–Crippen MR) is 108 cm³/mol. The minimum Gasteiger partial charge on any atom is -0.388 e. The number of anilines is 1. The van der Waals surface area contributed by atoms with Crippen molar-refractivity contribution in [2.24, 2.45) is 5.92 Å². The number of rotatable bonds is 3. The molecule has 1 aliphatic heterocycles. The Bertz CT molecular complexity index is 1040. The van der Waals surface area contributed by atoms with Gasteiger partial charge < -0.3 is 10.0 Å². The Morgan fingerprint density at radius 3 is 2.57 bits per heavy atom. The van der Waals surface area contributed by atoms with Gasteiger partial charge in [-0.3, -0.25) is 4.98 Å². The Morgan fingerprint density at radius 1 is 1.18 bits per heavy atom. The quantitative estimate of drug-likeness (QED) is 0.688. The van der Waals surface area contributed by atoms with Crippen LogP contribution >= 0.6 is 11.6 Å². The van der Waals surface area contributed by atoms with Crippen LogP contribution in [0.2, 0.25) is 5.02 Å². The summed E-state index contributed by atoms with van der Waals surface area (Å²) in [6.07, 6.45) is 2.52. The molecule has 28 heavy (non-hydrogen) atoms. The molecule has 0 bridgehead atoms. The number of hydrogen-bond acceptors (Lipinski definition) is 4. The summed E-state index contributed by atoms with van der Waals surface area (Å²) in [6.45, 7) is 1.42. The maximum atomic E-state index is 13.1. The first-order valence-electron chi connectivity index (χ1n) is 9.23. The van der Waals surface area contributed by atoms with Gasteiger partial charge in [0.2, 0.25) is 0 Å². The number of benzene rings is 2. The number of pyridine rings is 1. The van der Waals surface area contributed by atoms with Crippen LogP contribution in [0.4, 0.5) is 10.1 Å². The van der Waals surface area contributed by atoms with Gasteiger partial charge in [0.1, 0.15) is 11.9 Å². The molecule has 3 aromatic rings. The van der Waals surface area contributed by atoms with E-state index in [1.54, 1.807) is 24.4 Å². The van der Waals surface area contributed by atoms with E-state index < -0.39 is 6.10 Å². The van der Waals surface area contributed by atoms with E-state index in [0.717, 1.165) is 35.0 Å². The average molecular weight is 396 g/mol. The molecule has 1 unspecified atom stereocenters. The third kappa shape index (κ3) is 3.54. The third-order valence-electron chi connectivity index (χ3n) is 5.44. The average Bonchev–Trinajstić information content (AvgIpc) is 2.73. The molecule has 0 amide bonds. The van der Waals surface area contributed by atoms with Gasteiger partial charge >= 0.3 is 0 Å². The molecular formula is C22H19ClFN3O. The van der Waals surface area contributed by atoms with Crippen molar-refractivity contribution >= 4 is 28.2 Å². The van der Waals surface area contributed by atoms with Crippen molar-refractivity contribution in [1.29, 1.82) is 5.26 Å². The number of aliphatic hydroxyl groups is 1. The molecule has 2 heterocycles. The highest BCUT2D eigenvalue weighted by Gasteiger charge is 2.28. The Labute approximate surface area is 167 Å². The van der Waals surface area contributed by atoms with Crippen LogP contribution < -0.4 is 4.90 Å². The van der Waals surface area contributed by atoms with Crippen LogP contribution in [0.15, 0.2) is 48.7 Å². The monoisotopic (exact) mass is 395 g/mol. The van der Waals surface area contributed by atoms with Gasteiger partial charge in [-0.1, -0.05) is 23.7 Å². The lowest BCUT2D eigenvalue weighted by molar-refractivity contribution is 0.0929. The summed E-state index contributed by atoms with van der Waals surface area (Å²) in [5.41, 5.74) is 2.91. The number of aliphatic hydroxyl groups excluding tert-OH is 1. The summed E-state index contributed by atoms with van der Waals surface area (Å²) >= 11 is 6.18. The van der Waals surface area contributed by atoms with E-state index in [9.17, 15) is 14.8 Å². The maximum Gasteiger partial charge on any atom is 0.123 e. The lowest BCUT2D eigenvalue weighted by atomic mass is 9.87. The van der Waals surface area contributed by atoms with E-state index in [1.807, 2.05) is 12.1 Å². The second-order valence-electron chi connectivity index (χ2n) is 7.11. The summed E-state index contributed by atoms with van der Waals surface area (Å²) in [5.74, 6) is -0.220. The highest BCUT2D eigenvalue weighted by molar-refractivity contribution is 6.31. The van der Waals surface area contributed by atoms with Gasteiger partial charge in [0, 0.05) is 29.7 Å². The molecule has 1 saturated heterocycles. The van der Waals surface area contributed by atoms with Crippen molar-refractivity contribution in [3.05, 3.63) is 70.6 Å². The van der Waals surface area contributed by atoms with Gasteiger partial charge in [0.15, 0.2) is 0 Å². The van der Waals surface area contributed by atoms with E-state index in [2.05, 4.69) is 16.0 Å². The van der Waals surface area contributed by atoms with Gasteiger partial charge in [0.05, 0.1) is 22.9 Å². The highest BCUT2D eigenvalue weighted by Crippen LogP contribution is 2.36. The molecule has 0 saturated carbocycles. The fourth-order valence-electron chi connectivity index (χ4n) is 3.94. The summed E-state index contributed by atoms with van der Waals surface area (Å²) < 4.78 is 13.1. The fourth-order valence-corrected chi connectivity index (χ4v) is 4.12. The zero-order chi connectivity index (χ0) is 19.7. The third-order valence-corrected chi connectivity index (χ3v) is 5.67. The number of piperidine rings is 1. The normalized spacial score (nSPS) is 16.1. The Balaban J connectivity index is 1.58. The molecular weight excluding hydrogens is 377 g/mol. The Kier molecular flexibility index (Phi) is 5.17. The Hall–Kier alpha value is -2.68. The summed E-state index contributed by atoms with van der Waals surface area (Å²) in [7, 11) is 0. The van der Waals surface area contributed by atoms with Crippen LogP contribution in [0.3, 0.4) is 0 Å². The van der Waals surface area contributed by atoms with Crippen molar-refractivity contribution in [2.45, 2.75) is 18.9 Å². The van der Waals surface area contributed by atoms with Crippen molar-refractivity contribution in [3.63, 3.8) is 0 Å². The first-order chi connectivity index (χ1) is 13.6. The number of hydrogen-bond donors (Lipinski definition) is 1.